The third-order valence-corrected chi connectivity index (χ3v) is 4.91. The van der Waals surface area contributed by atoms with Crippen molar-refractivity contribution in [2.75, 3.05) is 0 Å². The van der Waals surface area contributed by atoms with E-state index in [-0.39, 0.29) is 5.91 Å². The van der Waals surface area contributed by atoms with Crippen molar-refractivity contribution in [1.82, 2.24) is 20.2 Å². The Bertz CT molecular complexity index is 1130. The molecule has 0 aliphatic heterocycles. The van der Waals surface area contributed by atoms with Gasteiger partial charge in [0, 0.05) is 11.6 Å². The number of hydrogen-bond acceptors (Lipinski definition) is 6. The van der Waals surface area contributed by atoms with Crippen LogP contribution < -0.4 is 5.48 Å². The van der Waals surface area contributed by atoms with E-state index in [0.29, 0.717) is 21.1 Å². The normalized spacial score (nSPS) is 10.8. The van der Waals surface area contributed by atoms with E-state index >= 15 is 0 Å². The van der Waals surface area contributed by atoms with E-state index < -0.39 is 5.91 Å². The number of para-hydroxylation sites is 1. The predicted molar refractivity (Wildman–Crippen MR) is 96.3 cm³/mol. The van der Waals surface area contributed by atoms with Crippen LogP contribution in [0.15, 0.2) is 60.8 Å². The van der Waals surface area contributed by atoms with Gasteiger partial charge in [-0.2, -0.15) is 5.10 Å². The summed E-state index contributed by atoms with van der Waals surface area (Å²) in [4.78, 5) is 29.5. The van der Waals surface area contributed by atoms with Crippen LogP contribution in [0.1, 0.15) is 20.2 Å². The Labute approximate surface area is 151 Å². The maximum Gasteiger partial charge on any atom is 0.296 e. The highest BCUT2D eigenvalue weighted by Gasteiger charge is 2.15. The van der Waals surface area contributed by atoms with Crippen LogP contribution in [0.5, 0.6) is 0 Å². The van der Waals surface area contributed by atoms with E-state index in [9.17, 15) is 9.59 Å². The average molecular weight is 364 g/mol. The molecule has 0 saturated carbocycles. The van der Waals surface area contributed by atoms with Crippen LogP contribution in [-0.2, 0) is 0 Å². The summed E-state index contributed by atoms with van der Waals surface area (Å²) >= 11 is 1.17. The summed E-state index contributed by atoms with van der Waals surface area (Å²) < 4.78 is 1.22. The zero-order valence-corrected chi connectivity index (χ0v) is 14.1. The summed E-state index contributed by atoms with van der Waals surface area (Å²) in [6, 6.07) is 16.0. The number of fused-ring (bicyclic) bond motifs is 1. The van der Waals surface area contributed by atoms with Gasteiger partial charge in [0.05, 0.1) is 15.3 Å². The zero-order chi connectivity index (χ0) is 18.1. The summed E-state index contributed by atoms with van der Waals surface area (Å²) in [6.45, 7) is 0. The van der Waals surface area contributed by atoms with Crippen LogP contribution in [0, 0.1) is 0 Å². The molecule has 2 N–H and O–H groups in total. The van der Waals surface area contributed by atoms with Gasteiger partial charge in [-0.1, -0.05) is 24.3 Å². The number of hydrogen-bond donors (Lipinski definition) is 2. The molecule has 8 heteroatoms. The van der Waals surface area contributed by atoms with Gasteiger partial charge in [-0.3, -0.25) is 14.8 Å². The second-order valence-corrected chi connectivity index (χ2v) is 6.53. The topological polar surface area (TPSA) is 97.1 Å². The highest BCUT2D eigenvalue weighted by atomic mass is 32.1. The van der Waals surface area contributed by atoms with E-state index in [0.717, 1.165) is 10.9 Å². The standard InChI is InChI=1S/C18H12N4O3S/c23-17(21-25)16-8-7-15(26-16)13-9-10-22(20-13)18(24)14-6-5-11-3-1-2-4-12(11)19-14/h1-10,25H,(H,21,23). The van der Waals surface area contributed by atoms with E-state index in [1.54, 1.807) is 35.9 Å². The van der Waals surface area contributed by atoms with Crippen molar-refractivity contribution in [3.63, 3.8) is 0 Å². The molecule has 0 unspecified atom stereocenters. The number of nitrogens with zero attached hydrogens (tertiary/aromatic N) is 3. The fourth-order valence-electron chi connectivity index (χ4n) is 2.52. The number of pyridine rings is 1. The minimum absolute atomic E-state index is 0.296. The van der Waals surface area contributed by atoms with Crippen LogP contribution in [-0.4, -0.2) is 31.8 Å². The van der Waals surface area contributed by atoms with Crippen LogP contribution >= 0.6 is 11.3 Å². The zero-order valence-electron chi connectivity index (χ0n) is 13.3. The molecule has 0 aliphatic carbocycles. The van der Waals surface area contributed by atoms with Crippen molar-refractivity contribution >= 4 is 34.1 Å². The lowest BCUT2D eigenvalue weighted by molar-refractivity contribution is 0.0711. The summed E-state index contributed by atoms with van der Waals surface area (Å²) in [6.07, 6.45) is 1.56. The van der Waals surface area contributed by atoms with Crippen LogP contribution in [0.2, 0.25) is 0 Å². The minimum atomic E-state index is -0.586. The van der Waals surface area contributed by atoms with Gasteiger partial charge in [0.2, 0.25) is 0 Å². The number of carbonyl (C=O) groups excluding carboxylic acids is 2. The van der Waals surface area contributed by atoms with Gasteiger partial charge >= 0.3 is 0 Å². The number of hydroxylamine groups is 1. The molecule has 0 aliphatic rings. The van der Waals surface area contributed by atoms with E-state index in [4.69, 9.17) is 5.21 Å². The minimum Gasteiger partial charge on any atom is -0.288 e. The lowest BCUT2D eigenvalue weighted by Gasteiger charge is -2.02. The number of nitrogens with one attached hydrogen (secondary N) is 1. The highest BCUT2D eigenvalue weighted by Crippen LogP contribution is 2.26. The molecule has 1 amide bonds. The van der Waals surface area contributed by atoms with E-state index in [2.05, 4.69) is 10.1 Å². The van der Waals surface area contributed by atoms with Crippen LogP contribution in [0.4, 0.5) is 0 Å². The number of amides is 1. The molecule has 0 fully saturated rings. The second-order valence-electron chi connectivity index (χ2n) is 5.44. The molecule has 1 aromatic carbocycles. The summed E-state index contributed by atoms with van der Waals surface area (Å²) in [5.41, 5.74) is 3.18. The van der Waals surface area contributed by atoms with Gasteiger partial charge in [0.1, 0.15) is 11.4 Å². The molecule has 4 rings (SSSR count). The quantitative estimate of drug-likeness (QED) is 0.430. The maximum atomic E-state index is 12.6. The number of rotatable bonds is 3. The second kappa shape index (κ2) is 6.51. The van der Waals surface area contributed by atoms with Gasteiger partial charge in [-0.05, 0) is 30.3 Å². The molecule has 3 aromatic heterocycles. The molecule has 3 heterocycles. The first-order valence-corrected chi connectivity index (χ1v) is 8.48. The van der Waals surface area contributed by atoms with Crippen molar-refractivity contribution in [2.24, 2.45) is 0 Å². The van der Waals surface area contributed by atoms with Crippen LogP contribution in [0.25, 0.3) is 21.5 Å². The Kier molecular flexibility index (Phi) is 4.04. The number of thiophene rings is 1. The summed E-state index contributed by atoms with van der Waals surface area (Å²) in [5.74, 6) is -0.927. The Hall–Kier alpha value is -3.36. The Morgan fingerprint density at radius 2 is 1.88 bits per heavy atom. The van der Waals surface area contributed by atoms with Gasteiger partial charge in [0.15, 0.2) is 0 Å². The molecule has 0 bridgehead atoms. The lowest BCUT2D eigenvalue weighted by atomic mass is 10.2. The van der Waals surface area contributed by atoms with Crippen molar-refractivity contribution in [3.05, 3.63) is 71.4 Å². The third-order valence-electron chi connectivity index (χ3n) is 3.80. The van der Waals surface area contributed by atoms with Gasteiger partial charge in [0.25, 0.3) is 11.8 Å². The van der Waals surface area contributed by atoms with Crippen molar-refractivity contribution in [1.29, 1.82) is 0 Å². The molecule has 0 radical (unpaired) electrons. The van der Waals surface area contributed by atoms with Crippen molar-refractivity contribution < 1.29 is 14.8 Å². The van der Waals surface area contributed by atoms with Crippen LogP contribution in [0.3, 0.4) is 0 Å². The first-order chi connectivity index (χ1) is 12.7. The number of aromatic nitrogens is 3. The smallest absolute Gasteiger partial charge is 0.288 e. The number of benzene rings is 1. The third kappa shape index (κ3) is 2.87. The lowest BCUT2D eigenvalue weighted by Crippen LogP contribution is -2.16. The fraction of sp³-hybridized carbons (Fsp3) is 0. The average Bonchev–Trinajstić information content (AvgIpc) is 3.36. The van der Waals surface area contributed by atoms with Crippen molar-refractivity contribution in [3.8, 4) is 10.6 Å². The maximum absolute atomic E-state index is 12.6. The Balaban J connectivity index is 1.63. The molecular weight excluding hydrogens is 352 g/mol. The molecule has 4 aromatic rings. The monoisotopic (exact) mass is 364 g/mol. The Morgan fingerprint density at radius 3 is 2.73 bits per heavy atom. The molecule has 128 valence electrons. The summed E-state index contributed by atoms with van der Waals surface area (Å²) in [7, 11) is 0. The molecule has 7 nitrogen and oxygen atoms in total. The largest absolute Gasteiger partial charge is 0.296 e. The molecule has 0 saturated heterocycles. The molecular formula is C18H12N4O3S. The molecule has 0 spiro atoms. The van der Waals surface area contributed by atoms with Crippen molar-refractivity contribution in [2.45, 2.75) is 0 Å². The van der Waals surface area contributed by atoms with Gasteiger partial charge in [-0.15, -0.1) is 11.3 Å². The SMILES string of the molecule is O=C(NO)c1ccc(-c2ccn(C(=O)c3ccc4ccccc4n3)n2)s1. The van der Waals surface area contributed by atoms with E-state index in [1.165, 1.54) is 16.0 Å². The fourth-order valence-corrected chi connectivity index (χ4v) is 3.38. The molecule has 0 atom stereocenters. The van der Waals surface area contributed by atoms with E-state index in [1.807, 2.05) is 30.3 Å². The van der Waals surface area contributed by atoms with Gasteiger partial charge in [-0.25, -0.2) is 15.1 Å². The predicted octanol–water partition coefficient (Wildman–Crippen LogP) is 2.97. The Morgan fingerprint density at radius 1 is 1.04 bits per heavy atom. The molecule has 26 heavy (non-hydrogen) atoms. The summed E-state index contributed by atoms with van der Waals surface area (Å²) in [5, 5.41) is 13.9. The first-order valence-electron chi connectivity index (χ1n) is 7.66. The highest BCUT2D eigenvalue weighted by molar-refractivity contribution is 7.17. The van der Waals surface area contributed by atoms with Gasteiger partial charge < -0.3 is 0 Å². The first kappa shape index (κ1) is 16.1. The number of carbonyl (C=O) groups is 2.